The van der Waals surface area contributed by atoms with E-state index in [9.17, 15) is 4.39 Å². The molecular weight excluding hydrogens is 425 g/mol. The summed E-state index contributed by atoms with van der Waals surface area (Å²) in [5.74, 6) is 1.22. The van der Waals surface area contributed by atoms with Crippen LogP contribution in [0.15, 0.2) is 76.1 Å². The van der Waals surface area contributed by atoms with Gasteiger partial charge in [-0.1, -0.05) is 30.3 Å². The van der Waals surface area contributed by atoms with Crippen molar-refractivity contribution < 1.29 is 9.13 Å². The molecule has 0 aliphatic carbocycles. The normalized spacial score (nSPS) is 12.6. The SMILES string of the molecule is COc1ccc(SCC(F)Cn2c3ccccc3c3cccc(Br)c32)cc1. The number of ether oxygens (including phenoxy) is 1. The molecule has 0 N–H and O–H groups in total. The topological polar surface area (TPSA) is 14.2 Å². The van der Waals surface area contributed by atoms with Gasteiger partial charge >= 0.3 is 0 Å². The molecular formula is C22H19BrFNOS. The zero-order valence-electron chi connectivity index (χ0n) is 14.9. The number of alkyl halides is 1. The van der Waals surface area contributed by atoms with Crippen LogP contribution in [0.3, 0.4) is 0 Å². The predicted molar refractivity (Wildman–Crippen MR) is 116 cm³/mol. The third-order valence-electron chi connectivity index (χ3n) is 4.61. The van der Waals surface area contributed by atoms with Gasteiger partial charge in [0.2, 0.25) is 0 Å². The molecule has 4 aromatic rings. The van der Waals surface area contributed by atoms with E-state index in [0.717, 1.165) is 36.9 Å². The lowest BCUT2D eigenvalue weighted by Gasteiger charge is -2.13. The van der Waals surface area contributed by atoms with Gasteiger partial charge in [0, 0.05) is 31.4 Å². The van der Waals surface area contributed by atoms with Crippen LogP contribution in [0.2, 0.25) is 0 Å². The van der Waals surface area contributed by atoms with Gasteiger partial charge in [0.05, 0.1) is 19.2 Å². The smallest absolute Gasteiger partial charge is 0.127 e. The summed E-state index contributed by atoms with van der Waals surface area (Å²) in [7, 11) is 1.64. The minimum atomic E-state index is -0.955. The number of halogens is 2. The highest BCUT2D eigenvalue weighted by Crippen LogP contribution is 2.34. The van der Waals surface area contributed by atoms with E-state index in [1.54, 1.807) is 7.11 Å². The van der Waals surface area contributed by atoms with Gasteiger partial charge in [-0.15, -0.1) is 11.8 Å². The summed E-state index contributed by atoms with van der Waals surface area (Å²) in [6, 6.07) is 22.1. The van der Waals surface area contributed by atoms with E-state index in [2.05, 4.69) is 38.7 Å². The number of fused-ring (bicyclic) bond motifs is 3. The summed E-state index contributed by atoms with van der Waals surface area (Å²) in [6.07, 6.45) is -0.955. The maximum atomic E-state index is 14.9. The Morgan fingerprint density at radius 1 is 1.00 bits per heavy atom. The number of hydrogen-bond donors (Lipinski definition) is 0. The first-order chi connectivity index (χ1) is 13.2. The predicted octanol–water partition coefficient (Wildman–Crippen LogP) is 6.70. The van der Waals surface area contributed by atoms with E-state index < -0.39 is 6.17 Å². The lowest BCUT2D eigenvalue weighted by atomic mass is 10.2. The molecule has 0 saturated carbocycles. The molecule has 1 atom stereocenters. The van der Waals surface area contributed by atoms with Crippen LogP contribution in [0.25, 0.3) is 21.8 Å². The van der Waals surface area contributed by atoms with Crippen LogP contribution in [0.4, 0.5) is 4.39 Å². The summed E-state index contributed by atoms with van der Waals surface area (Å²) >= 11 is 5.17. The quantitative estimate of drug-likeness (QED) is 0.308. The van der Waals surface area contributed by atoms with Gasteiger partial charge in [0.15, 0.2) is 0 Å². The summed E-state index contributed by atoms with van der Waals surface area (Å²) in [6.45, 7) is 0.329. The second-order valence-corrected chi connectivity index (χ2v) is 8.30. The van der Waals surface area contributed by atoms with E-state index in [-0.39, 0.29) is 0 Å². The zero-order chi connectivity index (χ0) is 18.8. The fourth-order valence-electron chi connectivity index (χ4n) is 3.36. The molecule has 0 amide bonds. The van der Waals surface area contributed by atoms with Crippen LogP contribution in [-0.2, 0) is 6.54 Å². The standard InChI is InChI=1S/C22H19BrFNOS/c1-26-16-9-11-17(12-10-16)27-14-15(24)13-25-21-8-3-2-5-18(21)19-6-4-7-20(23)22(19)25/h2-12,15H,13-14H2,1H3. The molecule has 3 aromatic carbocycles. The van der Waals surface area contributed by atoms with Crippen molar-refractivity contribution in [2.45, 2.75) is 17.6 Å². The van der Waals surface area contributed by atoms with E-state index in [1.807, 2.05) is 48.5 Å². The summed E-state index contributed by atoms with van der Waals surface area (Å²) < 4.78 is 23.2. The van der Waals surface area contributed by atoms with Crippen molar-refractivity contribution in [2.75, 3.05) is 12.9 Å². The van der Waals surface area contributed by atoms with Crippen molar-refractivity contribution in [3.05, 3.63) is 71.2 Å². The number of rotatable bonds is 6. The Balaban J connectivity index is 1.58. The number of methoxy groups -OCH3 is 1. The molecule has 1 heterocycles. The van der Waals surface area contributed by atoms with Crippen molar-refractivity contribution in [3.8, 4) is 5.75 Å². The minimum absolute atomic E-state index is 0.329. The Kier molecular flexibility index (Phi) is 5.41. The van der Waals surface area contributed by atoms with Crippen LogP contribution in [0.5, 0.6) is 5.75 Å². The first-order valence-corrected chi connectivity index (χ1v) is 10.5. The van der Waals surface area contributed by atoms with Crippen molar-refractivity contribution >= 4 is 49.5 Å². The molecule has 4 rings (SSSR count). The Hall–Kier alpha value is -1.98. The molecule has 0 bridgehead atoms. The lowest BCUT2D eigenvalue weighted by Crippen LogP contribution is -2.14. The van der Waals surface area contributed by atoms with E-state index >= 15 is 0 Å². The van der Waals surface area contributed by atoms with Crippen molar-refractivity contribution in [1.29, 1.82) is 0 Å². The highest BCUT2D eigenvalue weighted by Gasteiger charge is 2.16. The van der Waals surface area contributed by atoms with Crippen molar-refractivity contribution in [3.63, 3.8) is 0 Å². The first kappa shape index (κ1) is 18.4. The molecule has 0 aliphatic rings. The van der Waals surface area contributed by atoms with E-state index in [1.165, 1.54) is 11.8 Å². The Morgan fingerprint density at radius 2 is 1.74 bits per heavy atom. The van der Waals surface area contributed by atoms with Crippen LogP contribution >= 0.6 is 27.7 Å². The van der Waals surface area contributed by atoms with Gasteiger partial charge in [0.1, 0.15) is 11.9 Å². The van der Waals surface area contributed by atoms with Gasteiger partial charge in [-0.05, 0) is 52.3 Å². The van der Waals surface area contributed by atoms with Crippen LogP contribution in [-0.4, -0.2) is 23.6 Å². The van der Waals surface area contributed by atoms with E-state index in [4.69, 9.17) is 4.74 Å². The maximum absolute atomic E-state index is 14.9. The van der Waals surface area contributed by atoms with Crippen LogP contribution in [0, 0.1) is 0 Å². The first-order valence-electron chi connectivity index (χ1n) is 8.74. The molecule has 0 aliphatic heterocycles. The number of para-hydroxylation sites is 2. The number of hydrogen-bond acceptors (Lipinski definition) is 2. The number of aromatic nitrogens is 1. The van der Waals surface area contributed by atoms with Crippen molar-refractivity contribution in [2.24, 2.45) is 0 Å². The van der Waals surface area contributed by atoms with Crippen LogP contribution in [0.1, 0.15) is 0 Å². The molecule has 0 saturated heterocycles. The number of thioether (sulfide) groups is 1. The lowest BCUT2D eigenvalue weighted by molar-refractivity contribution is 0.333. The average molecular weight is 444 g/mol. The molecule has 0 fully saturated rings. The highest BCUT2D eigenvalue weighted by molar-refractivity contribution is 9.10. The van der Waals surface area contributed by atoms with Crippen molar-refractivity contribution in [1.82, 2.24) is 4.57 Å². The van der Waals surface area contributed by atoms with Gasteiger partial charge in [-0.2, -0.15) is 0 Å². The summed E-state index contributed by atoms with van der Waals surface area (Å²) in [5, 5.41) is 2.30. The Bertz CT molecular complexity index is 1080. The van der Waals surface area contributed by atoms with E-state index in [0.29, 0.717) is 12.3 Å². The molecule has 27 heavy (non-hydrogen) atoms. The number of benzene rings is 3. The monoisotopic (exact) mass is 443 g/mol. The molecule has 0 spiro atoms. The van der Waals surface area contributed by atoms with Gasteiger partial charge in [0.25, 0.3) is 0 Å². The molecule has 138 valence electrons. The Morgan fingerprint density at radius 3 is 2.52 bits per heavy atom. The molecule has 0 radical (unpaired) electrons. The fourth-order valence-corrected chi connectivity index (χ4v) is 4.75. The molecule has 5 heteroatoms. The van der Waals surface area contributed by atoms with Gasteiger partial charge in [-0.3, -0.25) is 0 Å². The van der Waals surface area contributed by atoms with Crippen LogP contribution < -0.4 is 4.74 Å². The summed E-state index contributed by atoms with van der Waals surface area (Å²) in [4.78, 5) is 1.04. The highest BCUT2D eigenvalue weighted by atomic mass is 79.9. The third-order valence-corrected chi connectivity index (χ3v) is 6.39. The largest absolute Gasteiger partial charge is 0.497 e. The summed E-state index contributed by atoms with van der Waals surface area (Å²) in [5.41, 5.74) is 2.12. The maximum Gasteiger partial charge on any atom is 0.127 e. The zero-order valence-corrected chi connectivity index (χ0v) is 17.3. The molecule has 1 aromatic heterocycles. The number of nitrogens with zero attached hydrogens (tertiary/aromatic N) is 1. The minimum Gasteiger partial charge on any atom is -0.497 e. The molecule has 1 unspecified atom stereocenters. The van der Waals surface area contributed by atoms with Gasteiger partial charge < -0.3 is 9.30 Å². The molecule has 2 nitrogen and oxygen atoms in total. The third kappa shape index (κ3) is 3.71. The fraction of sp³-hybridized carbons (Fsp3) is 0.182. The second-order valence-electron chi connectivity index (χ2n) is 6.35. The second kappa shape index (κ2) is 7.95. The average Bonchev–Trinajstić information content (AvgIpc) is 3.02. The van der Waals surface area contributed by atoms with Gasteiger partial charge in [-0.25, -0.2) is 4.39 Å². The Labute approximate surface area is 170 Å².